The van der Waals surface area contributed by atoms with Crippen molar-refractivity contribution in [2.45, 2.75) is 38.3 Å². The normalized spacial score (nSPS) is 21.5. The molecule has 2 aliphatic rings. The Kier molecular flexibility index (Phi) is 7.45. The molecule has 28 heavy (non-hydrogen) atoms. The first-order chi connectivity index (χ1) is 13.5. The van der Waals surface area contributed by atoms with E-state index in [1.54, 1.807) is 0 Å². The average Bonchev–Trinajstić information content (AvgIpc) is 3.05. The Morgan fingerprint density at radius 2 is 1.89 bits per heavy atom. The van der Waals surface area contributed by atoms with Crippen molar-refractivity contribution >= 4 is 11.8 Å². The lowest BCUT2D eigenvalue weighted by molar-refractivity contribution is -0.129. The summed E-state index contributed by atoms with van der Waals surface area (Å²) in [5, 5.41) is 3.21. The molecule has 6 heteroatoms. The summed E-state index contributed by atoms with van der Waals surface area (Å²) in [6.45, 7) is 5.26. The minimum Gasteiger partial charge on any atom is -0.353 e. The van der Waals surface area contributed by atoms with Gasteiger partial charge in [-0.05, 0) is 45.5 Å². The molecule has 0 saturated carbocycles. The number of rotatable bonds is 8. The van der Waals surface area contributed by atoms with E-state index in [1.807, 2.05) is 25.1 Å². The van der Waals surface area contributed by atoms with E-state index in [0.717, 1.165) is 52.0 Å². The number of benzene rings is 1. The van der Waals surface area contributed by atoms with Crippen LogP contribution in [0.5, 0.6) is 0 Å². The molecule has 1 aromatic carbocycles. The highest BCUT2D eigenvalue weighted by Gasteiger charge is 2.35. The molecule has 2 saturated heterocycles. The first kappa shape index (κ1) is 20.8. The number of nitrogens with zero attached hydrogens (tertiary/aromatic N) is 3. The second-order valence-corrected chi connectivity index (χ2v) is 8.44. The lowest BCUT2D eigenvalue weighted by Gasteiger charge is -2.32. The number of hydrogen-bond acceptors (Lipinski definition) is 4. The van der Waals surface area contributed by atoms with Gasteiger partial charge in [-0.3, -0.25) is 14.5 Å². The lowest BCUT2D eigenvalue weighted by atomic mass is 10.0. The van der Waals surface area contributed by atoms with Crippen LogP contribution in [0.3, 0.4) is 0 Å². The minimum atomic E-state index is -0.186. The van der Waals surface area contributed by atoms with Crippen LogP contribution in [0.1, 0.15) is 31.2 Å². The molecule has 0 aliphatic carbocycles. The molecule has 0 radical (unpaired) electrons. The van der Waals surface area contributed by atoms with Crippen LogP contribution in [-0.2, 0) is 16.1 Å². The van der Waals surface area contributed by atoms with Gasteiger partial charge in [-0.2, -0.15) is 0 Å². The van der Waals surface area contributed by atoms with Crippen LogP contribution in [0, 0.1) is 5.92 Å². The highest BCUT2D eigenvalue weighted by atomic mass is 16.2. The van der Waals surface area contributed by atoms with Crippen LogP contribution < -0.4 is 5.32 Å². The fourth-order valence-corrected chi connectivity index (χ4v) is 4.14. The molecule has 0 spiro atoms. The highest BCUT2D eigenvalue weighted by Crippen LogP contribution is 2.20. The largest absolute Gasteiger partial charge is 0.353 e. The first-order valence-corrected chi connectivity index (χ1v) is 10.5. The maximum absolute atomic E-state index is 12.6. The molecule has 2 amide bonds. The summed E-state index contributed by atoms with van der Waals surface area (Å²) in [5.41, 5.74) is 1.34. The number of nitrogens with one attached hydrogen (secondary N) is 1. The molecular weight excluding hydrogens is 352 g/mol. The summed E-state index contributed by atoms with van der Waals surface area (Å²) in [6, 6.07) is 10.8. The van der Waals surface area contributed by atoms with Crippen LogP contribution in [0.4, 0.5) is 0 Å². The van der Waals surface area contributed by atoms with Gasteiger partial charge in [-0.15, -0.1) is 0 Å². The van der Waals surface area contributed by atoms with Crippen molar-refractivity contribution in [2.75, 3.05) is 46.8 Å². The molecule has 3 rings (SSSR count). The van der Waals surface area contributed by atoms with Gasteiger partial charge in [-0.1, -0.05) is 30.3 Å². The maximum Gasteiger partial charge on any atom is 0.225 e. The summed E-state index contributed by atoms with van der Waals surface area (Å²) in [6.07, 6.45) is 3.27. The molecule has 0 bridgehead atoms. The molecule has 6 nitrogen and oxygen atoms in total. The predicted molar refractivity (Wildman–Crippen MR) is 111 cm³/mol. The molecule has 154 valence electrons. The van der Waals surface area contributed by atoms with Crippen LogP contribution in [0.15, 0.2) is 30.3 Å². The molecule has 1 atom stereocenters. The van der Waals surface area contributed by atoms with E-state index < -0.39 is 0 Å². The van der Waals surface area contributed by atoms with Gasteiger partial charge in [0.25, 0.3) is 0 Å². The number of likely N-dealkylation sites (tertiary alicyclic amines) is 2. The maximum atomic E-state index is 12.6. The second-order valence-electron chi connectivity index (χ2n) is 8.44. The van der Waals surface area contributed by atoms with Crippen molar-refractivity contribution in [2.24, 2.45) is 5.92 Å². The van der Waals surface area contributed by atoms with Crippen molar-refractivity contribution in [3.8, 4) is 0 Å². The van der Waals surface area contributed by atoms with E-state index in [4.69, 9.17) is 0 Å². The molecule has 2 aliphatic heterocycles. The quantitative estimate of drug-likeness (QED) is 0.737. The monoisotopic (exact) mass is 386 g/mol. The number of amides is 2. The van der Waals surface area contributed by atoms with Crippen molar-refractivity contribution in [1.82, 2.24) is 20.0 Å². The number of carbonyl (C=O) groups excluding carboxylic acids is 2. The number of carbonyl (C=O) groups is 2. The van der Waals surface area contributed by atoms with Gasteiger partial charge in [0.2, 0.25) is 11.8 Å². The molecule has 1 unspecified atom stereocenters. The molecular formula is C22H34N4O2. The topological polar surface area (TPSA) is 55.9 Å². The second kappa shape index (κ2) is 10.0. The number of hydrogen-bond donors (Lipinski definition) is 1. The summed E-state index contributed by atoms with van der Waals surface area (Å²) in [5.74, 6) is -0.00393. The summed E-state index contributed by atoms with van der Waals surface area (Å²) in [4.78, 5) is 31.3. The van der Waals surface area contributed by atoms with Gasteiger partial charge in [0.1, 0.15) is 0 Å². The van der Waals surface area contributed by atoms with Gasteiger partial charge in [0.05, 0.1) is 5.92 Å². The van der Waals surface area contributed by atoms with Crippen molar-refractivity contribution in [1.29, 1.82) is 0 Å². The van der Waals surface area contributed by atoms with E-state index in [1.165, 1.54) is 5.56 Å². The van der Waals surface area contributed by atoms with Gasteiger partial charge in [-0.25, -0.2) is 0 Å². The van der Waals surface area contributed by atoms with E-state index in [0.29, 0.717) is 13.0 Å². The average molecular weight is 387 g/mol. The zero-order valence-electron chi connectivity index (χ0n) is 17.3. The van der Waals surface area contributed by atoms with Gasteiger partial charge in [0.15, 0.2) is 0 Å². The highest BCUT2D eigenvalue weighted by molar-refractivity contribution is 5.89. The lowest BCUT2D eigenvalue weighted by Crippen LogP contribution is -2.46. The predicted octanol–water partition coefficient (Wildman–Crippen LogP) is 1.57. The summed E-state index contributed by atoms with van der Waals surface area (Å²) in [7, 11) is 4.07. The third-order valence-electron chi connectivity index (χ3n) is 5.80. The Hall–Kier alpha value is -1.92. The van der Waals surface area contributed by atoms with Gasteiger partial charge >= 0.3 is 0 Å². The Labute approximate surface area is 168 Å². The molecule has 1 aromatic rings. The summed E-state index contributed by atoms with van der Waals surface area (Å²) < 4.78 is 0. The standard InChI is InChI=1S/C22H34N4O2/c1-24(2)11-6-12-26-17-19(15-21(26)27)22(28)23-20-9-13-25(14-10-20)16-18-7-4-3-5-8-18/h3-5,7-8,19-20H,6,9-17H2,1-2H3,(H,23,28). The van der Waals surface area contributed by atoms with Crippen LogP contribution in [-0.4, -0.2) is 79.4 Å². The van der Waals surface area contributed by atoms with E-state index in [2.05, 4.69) is 39.4 Å². The first-order valence-electron chi connectivity index (χ1n) is 10.5. The smallest absolute Gasteiger partial charge is 0.225 e. The molecule has 0 aromatic heterocycles. The van der Waals surface area contributed by atoms with Crippen LogP contribution >= 0.6 is 0 Å². The van der Waals surface area contributed by atoms with Crippen molar-refractivity contribution < 1.29 is 9.59 Å². The van der Waals surface area contributed by atoms with Crippen molar-refractivity contribution in [3.05, 3.63) is 35.9 Å². The third-order valence-corrected chi connectivity index (χ3v) is 5.80. The van der Waals surface area contributed by atoms with Crippen LogP contribution in [0.2, 0.25) is 0 Å². The van der Waals surface area contributed by atoms with Gasteiger partial charge < -0.3 is 15.1 Å². The molecule has 2 fully saturated rings. The van der Waals surface area contributed by atoms with Crippen molar-refractivity contribution in [3.63, 3.8) is 0 Å². The Balaban J connectivity index is 1.38. The van der Waals surface area contributed by atoms with Crippen LogP contribution in [0.25, 0.3) is 0 Å². The van der Waals surface area contributed by atoms with Gasteiger partial charge in [0, 0.05) is 45.2 Å². The fourth-order valence-electron chi connectivity index (χ4n) is 4.14. The van der Waals surface area contributed by atoms with E-state index >= 15 is 0 Å². The number of piperidine rings is 1. The third kappa shape index (κ3) is 6.04. The summed E-state index contributed by atoms with van der Waals surface area (Å²) >= 11 is 0. The zero-order valence-corrected chi connectivity index (χ0v) is 17.3. The van der Waals surface area contributed by atoms with E-state index in [-0.39, 0.29) is 23.8 Å². The fraction of sp³-hybridized carbons (Fsp3) is 0.636. The Bertz CT molecular complexity index is 641. The Morgan fingerprint density at radius 1 is 1.18 bits per heavy atom. The minimum absolute atomic E-state index is 0.0602. The Morgan fingerprint density at radius 3 is 2.57 bits per heavy atom. The zero-order chi connectivity index (χ0) is 19.9. The van der Waals surface area contributed by atoms with E-state index in [9.17, 15) is 9.59 Å². The molecule has 1 N–H and O–H groups in total. The SMILES string of the molecule is CN(C)CCCN1CC(C(=O)NC2CCN(Cc3ccccc3)CC2)CC1=O. The molecule has 2 heterocycles.